The highest BCUT2D eigenvalue weighted by atomic mass is 35.5. The Kier molecular flexibility index (Phi) is 5.14. The van der Waals surface area contributed by atoms with Crippen LogP contribution in [0.2, 0.25) is 5.02 Å². The molecule has 5 nitrogen and oxygen atoms in total. The van der Waals surface area contributed by atoms with Crippen LogP contribution in [0.15, 0.2) is 47.1 Å². The summed E-state index contributed by atoms with van der Waals surface area (Å²) in [5, 5.41) is 13.2. The first-order valence-electron chi connectivity index (χ1n) is 6.41. The maximum Gasteiger partial charge on any atom is 0.169 e. The second-order valence-electron chi connectivity index (χ2n) is 4.58. The Morgan fingerprint density at radius 1 is 1.24 bits per heavy atom. The lowest BCUT2D eigenvalue weighted by Gasteiger charge is -2.15. The molecule has 0 fully saturated rings. The normalized spacial score (nSPS) is 12.0. The fraction of sp³-hybridized carbons (Fsp3) is 0.200. The van der Waals surface area contributed by atoms with Crippen molar-refractivity contribution in [1.82, 2.24) is 0 Å². The van der Waals surface area contributed by atoms with E-state index in [-0.39, 0.29) is 12.2 Å². The molecule has 0 aliphatic rings. The Labute approximate surface area is 126 Å². The van der Waals surface area contributed by atoms with Gasteiger partial charge in [0.25, 0.3) is 0 Å². The number of benzene rings is 1. The number of furan rings is 1. The van der Waals surface area contributed by atoms with Crippen LogP contribution in [-0.4, -0.2) is 17.8 Å². The first-order chi connectivity index (χ1) is 10.1. The summed E-state index contributed by atoms with van der Waals surface area (Å²) in [5.41, 5.74) is 0.428. The molecular weight excluding hydrogens is 294 g/mol. The van der Waals surface area contributed by atoms with Crippen LogP contribution in [0.1, 0.15) is 22.5 Å². The summed E-state index contributed by atoms with van der Waals surface area (Å²) in [5.74, 6) is -0.902. The molecule has 1 heterocycles. The molecule has 0 spiro atoms. The van der Waals surface area contributed by atoms with E-state index in [9.17, 15) is 14.7 Å². The zero-order chi connectivity index (χ0) is 15.2. The number of aliphatic carboxylic acids is 1. The molecule has 0 saturated carbocycles. The van der Waals surface area contributed by atoms with Crippen molar-refractivity contribution in [3.63, 3.8) is 0 Å². The number of carbonyl (C=O) groups is 2. The summed E-state index contributed by atoms with van der Waals surface area (Å²) in [4.78, 5) is 23.2. The van der Waals surface area contributed by atoms with Crippen molar-refractivity contribution in [3.8, 4) is 0 Å². The second-order valence-corrected chi connectivity index (χ2v) is 5.02. The molecule has 0 bridgehead atoms. The Hall–Kier alpha value is -2.11. The number of hydrogen-bond acceptors (Lipinski definition) is 4. The average molecular weight is 308 g/mol. The van der Waals surface area contributed by atoms with Crippen molar-refractivity contribution in [2.45, 2.75) is 19.0 Å². The number of ketones is 1. The average Bonchev–Trinajstić information content (AvgIpc) is 2.96. The largest absolute Gasteiger partial charge is 0.544 e. The highest BCUT2D eigenvalue weighted by Crippen LogP contribution is 2.11. The highest BCUT2D eigenvalue weighted by Gasteiger charge is 2.19. The molecule has 1 aromatic heterocycles. The third-order valence-electron chi connectivity index (χ3n) is 3.06. The predicted octanol–water partition coefficient (Wildman–Crippen LogP) is 0.388. The van der Waals surface area contributed by atoms with E-state index in [2.05, 4.69) is 0 Å². The minimum Gasteiger partial charge on any atom is -0.544 e. The van der Waals surface area contributed by atoms with E-state index in [1.807, 2.05) is 0 Å². The summed E-state index contributed by atoms with van der Waals surface area (Å²) < 4.78 is 5.12. The summed E-state index contributed by atoms with van der Waals surface area (Å²) in [6.45, 7) is 0.333. The first-order valence-corrected chi connectivity index (χ1v) is 6.79. The van der Waals surface area contributed by atoms with Gasteiger partial charge >= 0.3 is 0 Å². The Balaban J connectivity index is 1.97. The lowest BCUT2D eigenvalue weighted by molar-refractivity contribution is -0.698. The van der Waals surface area contributed by atoms with Crippen molar-refractivity contribution in [3.05, 3.63) is 59.0 Å². The fourth-order valence-electron chi connectivity index (χ4n) is 1.90. The van der Waals surface area contributed by atoms with E-state index in [1.165, 1.54) is 11.6 Å². The third-order valence-corrected chi connectivity index (χ3v) is 3.31. The van der Waals surface area contributed by atoms with Gasteiger partial charge in [0.1, 0.15) is 12.6 Å². The van der Waals surface area contributed by atoms with Crippen molar-refractivity contribution in [2.24, 2.45) is 0 Å². The standard InChI is InChI=1S/C15H14ClNO4/c16-11-5-3-10(4-6-11)14(18)8-13(15(19)20)17-9-12-2-1-7-21-12/h1-7,13,17H,8-9H2,(H,19,20)/t13-/m1/s1. The number of Topliss-reactive ketones (excluding diaryl/α,β-unsaturated/α-hetero) is 1. The van der Waals surface area contributed by atoms with E-state index in [0.29, 0.717) is 22.9 Å². The lowest BCUT2D eigenvalue weighted by atomic mass is 10.0. The van der Waals surface area contributed by atoms with E-state index < -0.39 is 12.0 Å². The summed E-state index contributed by atoms with van der Waals surface area (Å²) in [6, 6.07) is 8.83. The predicted molar refractivity (Wildman–Crippen MR) is 73.5 cm³/mol. The Morgan fingerprint density at radius 2 is 1.95 bits per heavy atom. The van der Waals surface area contributed by atoms with Gasteiger partial charge in [0.2, 0.25) is 0 Å². The van der Waals surface area contributed by atoms with Crippen LogP contribution in [0.5, 0.6) is 0 Å². The van der Waals surface area contributed by atoms with Gasteiger partial charge in [-0.3, -0.25) is 4.79 Å². The van der Waals surface area contributed by atoms with Crippen molar-refractivity contribution in [2.75, 3.05) is 0 Å². The van der Waals surface area contributed by atoms with Gasteiger partial charge in [-0.05, 0) is 36.4 Å². The van der Waals surface area contributed by atoms with Crippen molar-refractivity contribution >= 4 is 23.4 Å². The van der Waals surface area contributed by atoms with Gasteiger partial charge in [0.05, 0.1) is 18.7 Å². The maximum atomic E-state index is 12.1. The van der Waals surface area contributed by atoms with E-state index >= 15 is 0 Å². The van der Waals surface area contributed by atoms with Crippen LogP contribution < -0.4 is 10.4 Å². The molecule has 2 rings (SSSR count). The summed E-state index contributed by atoms with van der Waals surface area (Å²) in [6.07, 6.45) is 1.36. The van der Waals surface area contributed by atoms with E-state index in [4.69, 9.17) is 16.0 Å². The number of hydrogen-bond donors (Lipinski definition) is 1. The monoisotopic (exact) mass is 307 g/mol. The molecule has 6 heteroatoms. The summed E-state index contributed by atoms with van der Waals surface area (Å²) in [7, 11) is 0. The fourth-order valence-corrected chi connectivity index (χ4v) is 2.03. The molecule has 0 radical (unpaired) electrons. The van der Waals surface area contributed by atoms with Gasteiger partial charge in [-0.25, -0.2) is 0 Å². The number of halogens is 1. The molecule has 0 saturated heterocycles. The molecule has 1 aromatic carbocycles. The van der Waals surface area contributed by atoms with Gasteiger partial charge in [-0.15, -0.1) is 0 Å². The lowest BCUT2D eigenvalue weighted by Crippen LogP contribution is -2.92. The minimum atomic E-state index is -1.27. The molecule has 0 aliphatic carbocycles. The van der Waals surface area contributed by atoms with Crippen LogP contribution in [0.25, 0.3) is 0 Å². The van der Waals surface area contributed by atoms with Gasteiger partial charge in [0.15, 0.2) is 11.5 Å². The number of nitrogens with two attached hydrogens (primary N) is 1. The van der Waals surface area contributed by atoms with Crippen LogP contribution in [0.4, 0.5) is 0 Å². The van der Waals surface area contributed by atoms with Crippen LogP contribution in [0.3, 0.4) is 0 Å². The van der Waals surface area contributed by atoms with Gasteiger partial charge in [-0.2, -0.15) is 0 Å². The van der Waals surface area contributed by atoms with Gasteiger partial charge in [-0.1, -0.05) is 11.6 Å². The molecule has 21 heavy (non-hydrogen) atoms. The second kappa shape index (κ2) is 7.06. The topological polar surface area (TPSA) is 87.0 Å². The molecule has 0 amide bonds. The molecule has 2 N–H and O–H groups in total. The van der Waals surface area contributed by atoms with Crippen LogP contribution >= 0.6 is 11.6 Å². The minimum absolute atomic E-state index is 0.148. The van der Waals surface area contributed by atoms with Crippen LogP contribution in [-0.2, 0) is 11.3 Å². The van der Waals surface area contributed by atoms with E-state index in [1.54, 1.807) is 36.4 Å². The number of carboxylic acid groups (broad SMARTS) is 1. The molecule has 1 atom stereocenters. The number of quaternary nitrogens is 1. The molecule has 2 aromatic rings. The van der Waals surface area contributed by atoms with E-state index in [0.717, 1.165) is 0 Å². The zero-order valence-electron chi connectivity index (χ0n) is 11.1. The molecule has 0 unspecified atom stereocenters. The van der Waals surface area contributed by atoms with Gasteiger partial charge in [0, 0.05) is 10.6 Å². The van der Waals surface area contributed by atoms with Crippen LogP contribution in [0, 0.1) is 0 Å². The third kappa shape index (κ3) is 4.44. The maximum absolute atomic E-state index is 12.1. The highest BCUT2D eigenvalue weighted by molar-refractivity contribution is 6.30. The van der Waals surface area contributed by atoms with Crippen molar-refractivity contribution in [1.29, 1.82) is 0 Å². The summed E-state index contributed by atoms with van der Waals surface area (Å²) >= 11 is 5.75. The first kappa shape index (κ1) is 15.3. The zero-order valence-corrected chi connectivity index (χ0v) is 11.9. The van der Waals surface area contributed by atoms with Crippen molar-refractivity contribution < 1.29 is 24.4 Å². The molecule has 0 aliphatic heterocycles. The van der Waals surface area contributed by atoms with Gasteiger partial charge < -0.3 is 19.6 Å². The Bertz CT molecular complexity index is 607. The quantitative estimate of drug-likeness (QED) is 0.750. The smallest absolute Gasteiger partial charge is 0.169 e. The number of carboxylic acids is 1. The Morgan fingerprint density at radius 3 is 2.52 bits per heavy atom. The number of carbonyl (C=O) groups excluding carboxylic acids is 2. The SMILES string of the molecule is O=C(C[C@@H]([NH2+]Cc1ccco1)C(=O)[O-])c1ccc(Cl)cc1. The molecule has 110 valence electrons. The number of rotatable bonds is 7. The molecular formula is C15H14ClNO4.